The Bertz CT molecular complexity index is 952. The second-order valence-corrected chi connectivity index (χ2v) is 8.15. The molecule has 0 fully saturated rings. The molecule has 0 saturated heterocycles. The van der Waals surface area contributed by atoms with Gasteiger partial charge in [0.15, 0.2) is 0 Å². The van der Waals surface area contributed by atoms with Crippen molar-refractivity contribution in [2.45, 2.75) is 26.5 Å². The Morgan fingerprint density at radius 1 is 1.15 bits per heavy atom. The number of para-hydroxylation sites is 1. The fourth-order valence-electron chi connectivity index (χ4n) is 3.06. The van der Waals surface area contributed by atoms with Gasteiger partial charge in [-0.3, -0.25) is 4.79 Å². The van der Waals surface area contributed by atoms with Crippen LogP contribution in [0.3, 0.4) is 0 Å². The van der Waals surface area contributed by atoms with Gasteiger partial charge in [-0.05, 0) is 30.3 Å². The molecular formula is C19H17Cl2N3O2. The van der Waals surface area contributed by atoms with Crippen molar-refractivity contribution in [3.05, 3.63) is 58.1 Å². The summed E-state index contributed by atoms with van der Waals surface area (Å²) in [5.74, 6) is 0.109. The van der Waals surface area contributed by atoms with Crippen LogP contribution in [0.25, 0.3) is 0 Å². The first-order valence-corrected chi connectivity index (χ1v) is 8.93. The fraction of sp³-hybridized carbons (Fsp3) is 0.263. The highest BCUT2D eigenvalue weighted by Crippen LogP contribution is 2.50. The third-order valence-electron chi connectivity index (χ3n) is 4.36. The van der Waals surface area contributed by atoms with E-state index in [-0.39, 0.29) is 5.91 Å². The van der Waals surface area contributed by atoms with Gasteiger partial charge in [-0.15, -0.1) is 5.10 Å². The lowest BCUT2D eigenvalue weighted by Gasteiger charge is -2.31. The zero-order valence-electron chi connectivity index (χ0n) is 14.5. The molecule has 1 unspecified atom stereocenters. The minimum absolute atomic E-state index is 0.335. The van der Waals surface area contributed by atoms with E-state index in [0.29, 0.717) is 32.9 Å². The molecule has 0 radical (unpaired) electrons. The summed E-state index contributed by atoms with van der Waals surface area (Å²) in [5, 5.41) is 10.0. The van der Waals surface area contributed by atoms with Crippen molar-refractivity contribution in [3.63, 3.8) is 0 Å². The Hall–Kier alpha value is -2.24. The summed E-state index contributed by atoms with van der Waals surface area (Å²) in [5.41, 5.74) is -0.0468. The van der Waals surface area contributed by atoms with Gasteiger partial charge in [0, 0.05) is 10.4 Å². The van der Waals surface area contributed by atoms with E-state index in [2.05, 4.69) is 10.4 Å². The van der Waals surface area contributed by atoms with Crippen LogP contribution in [0.1, 0.15) is 26.3 Å². The van der Waals surface area contributed by atoms with Crippen LogP contribution in [0.4, 0.5) is 11.4 Å². The molecule has 2 aliphatic rings. The molecule has 1 N–H and O–H groups in total. The Labute approximate surface area is 161 Å². The number of hydrazone groups is 1. The lowest BCUT2D eigenvalue weighted by atomic mass is 9.96. The van der Waals surface area contributed by atoms with E-state index in [4.69, 9.17) is 27.9 Å². The van der Waals surface area contributed by atoms with Gasteiger partial charge < -0.3 is 10.1 Å². The van der Waals surface area contributed by atoms with Gasteiger partial charge in [0.25, 0.3) is 5.91 Å². The summed E-state index contributed by atoms with van der Waals surface area (Å²) in [6.07, 6.45) is 0. The second-order valence-electron chi connectivity index (χ2n) is 7.31. The third-order valence-corrected chi connectivity index (χ3v) is 4.91. The number of carbonyl (C=O) groups excluding carboxylic acids is 1. The lowest BCUT2D eigenvalue weighted by molar-refractivity contribution is -0.130. The average molecular weight is 390 g/mol. The minimum atomic E-state index is -1.48. The Balaban J connectivity index is 1.97. The number of fused-ring (bicyclic) bond motifs is 2. The molecule has 5 nitrogen and oxygen atoms in total. The predicted octanol–water partition coefficient (Wildman–Crippen LogP) is 4.99. The standard InChI is InChI=1S/C19H17Cl2N3O2/c1-18(2,3)17-23-24(15-7-5-4-6-13(15)21)19(26-17)12-10-11(20)8-9-14(12)22-16(19)25/h4-10H,1-3H3,(H,22,25). The van der Waals surface area contributed by atoms with Crippen LogP contribution in [0.15, 0.2) is 47.6 Å². The van der Waals surface area contributed by atoms with Crippen molar-refractivity contribution in [1.29, 1.82) is 0 Å². The Morgan fingerprint density at radius 3 is 2.58 bits per heavy atom. The largest absolute Gasteiger partial charge is 0.437 e. The number of carbonyl (C=O) groups is 1. The Morgan fingerprint density at radius 2 is 1.88 bits per heavy atom. The smallest absolute Gasteiger partial charge is 0.311 e. The highest BCUT2D eigenvalue weighted by molar-refractivity contribution is 6.33. The summed E-state index contributed by atoms with van der Waals surface area (Å²) >= 11 is 12.6. The summed E-state index contributed by atoms with van der Waals surface area (Å²) in [6.45, 7) is 5.92. The first kappa shape index (κ1) is 17.2. The van der Waals surface area contributed by atoms with E-state index in [0.717, 1.165) is 0 Å². The van der Waals surface area contributed by atoms with Crippen molar-refractivity contribution in [1.82, 2.24) is 0 Å². The van der Waals surface area contributed by atoms with Crippen LogP contribution >= 0.6 is 23.2 Å². The molecule has 4 rings (SSSR count). The van der Waals surface area contributed by atoms with Crippen molar-refractivity contribution < 1.29 is 9.53 Å². The molecule has 134 valence electrons. The molecule has 0 bridgehead atoms. The van der Waals surface area contributed by atoms with E-state index < -0.39 is 11.1 Å². The molecule has 2 aliphatic heterocycles. The SMILES string of the molecule is CC(C)(C)C1=NN(c2ccccc2Cl)C2(O1)C(=O)Nc1ccc(Cl)cc12. The number of nitrogens with zero attached hydrogens (tertiary/aromatic N) is 2. The molecule has 2 heterocycles. The highest BCUT2D eigenvalue weighted by Gasteiger charge is 2.60. The average Bonchev–Trinajstić information content (AvgIpc) is 3.09. The van der Waals surface area contributed by atoms with Crippen LogP contribution in [-0.4, -0.2) is 11.8 Å². The first-order valence-electron chi connectivity index (χ1n) is 8.18. The molecule has 0 saturated carbocycles. The van der Waals surface area contributed by atoms with Crippen LogP contribution < -0.4 is 10.3 Å². The Kier molecular flexibility index (Phi) is 3.72. The fourth-order valence-corrected chi connectivity index (χ4v) is 3.45. The lowest BCUT2D eigenvalue weighted by Crippen LogP contribution is -2.48. The molecule has 0 aliphatic carbocycles. The van der Waals surface area contributed by atoms with Crippen LogP contribution in [-0.2, 0) is 15.3 Å². The van der Waals surface area contributed by atoms with Gasteiger partial charge >= 0.3 is 5.72 Å². The van der Waals surface area contributed by atoms with Crippen molar-refractivity contribution in [2.75, 3.05) is 10.3 Å². The molecule has 26 heavy (non-hydrogen) atoms. The third kappa shape index (κ3) is 2.38. The van der Waals surface area contributed by atoms with Gasteiger partial charge in [-0.25, -0.2) is 5.01 Å². The van der Waals surface area contributed by atoms with Crippen LogP contribution in [0.5, 0.6) is 0 Å². The van der Waals surface area contributed by atoms with Gasteiger partial charge in [-0.1, -0.05) is 56.1 Å². The summed E-state index contributed by atoms with van der Waals surface area (Å²) in [4.78, 5) is 13.1. The predicted molar refractivity (Wildman–Crippen MR) is 104 cm³/mol. The van der Waals surface area contributed by atoms with Gasteiger partial charge in [0.05, 0.1) is 22.0 Å². The number of ether oxygens (including phenoxy) is 1. The van der Waals surface area contributed by atoms with Gasteiger partial charge in [0.1, 0.15) is 0 Å². The molecule has 2 aromatic carbocycles. The molecule has 0 aromatic heterocycles. The van der Waals surface area contributed by atoms with E-state index in [1.165, 1.54) is 0 Å². The molecule has 1 amide bonds. The molecule has 2 aromatic rings. The first-order chi connectivity index (χ1) is 12.2. The maximum Gasteiger partial charge on any atom is 0.311 e. The quantitative estimate of drug-likeness (QED) is 0.746. The van der Waals surface area contributed by atoms with Crippen molar-refractivity contribution in [3.8, 4) is 0 Å². The minimum Gasteiger partial charge on any atom is -0.437 e. The number of benzene rings is 2. The maximum absolute atomic E-state index is 13.1. The van der Waals surface area contributed by atoms with E-state index >= 15 is 0 Å². The van der Waals surface area contributed by atoms with Crippen molar-refractivity contribution >= 4 is 46.4 Å². The topological polar surface area (TPSA) is 53.9 Å². The molecular weight excluding hydrogens is 373 g/mol. The van der Waals surface area contributed by atoms with E-state index in [1.54, 1.807) is 35.3 Å². The van der Waals surface area contributed by atoms with Gasteiger partial charge in [0.2, 0.25) is 5.90 Å². The zero-order valence-corrected chi connectivity index (χ0v) is 16.0. The summed E-state index contributed by atoms with van der Waals surface area (Å²) < 4.78 is 6.24. The molecule has 1 atom stereocenters. The number of amides is 1. The van der Waals surface area contributed by atoms with Gasteiger partial charge in [-0.2, -0.15) is 0 Å². The summed E-state index contributed by atoms with van der Waals surface area (Å²) in [6, 6.07) is 12.4. The van der Waals surface area contributed by atoms with Crippen LogP contribution in [0, 0.1) is 5.41 Å². The summed E-state index contributed by atoms with van der Waals surface area (Å²) in [7, 11) is 0. The van der Waals surface area contributed by atoms with E-state index in [9.17, 15) is 4.79 Å². The van der Waals surface area contributed by atoms with E-state index in [1.807, 2.05) is 32.9 Å². The maximum atomic E-state index is 13.1. The monoisotopic (exact) mass is 389 g/mol. The number of nitrogens with one attached hydrogen (secondary N) is 1. The normalized spacial score (nSPS) is 21.5. The number of anilines is 2. The van der Waals surface area contributed by atoms with Crippen LogP contribution in [0.2, 0.25) is 10.0 Å². The number of hydrogen-bond donors (Lipinski definition) is 1. The van der Waals surface area contributed by atoms with Crippen molar-refractivity contribution in [2.24, 2.45) is 10.5 Å². The zero-order chi connectivity index (χ0) is 18.7. The number of hydrogen-bond acceptors (Lipinski definition) is 4. The molecule has 1 spiro atoms. The number of halogens is 2. The number of rotatable bonds is 1. The molecule has 7 heteroatoms. The second kappa shape index (κ2) is 5.63. The highest BCUT2D eigenvalue weighted by atomic mass is 35.5.